The maximum Gasteiger partial charge on any atom is 0.260 e. The van der Waals surface area contributed by atoms with Crippen molar-refractivity contribution in [3.05, 3.63) is 71.2 Å². The van der Waals surface area contributed by atoms with Crippen LogP contribution in [0.2, 0.25) is 0 Å². The number of phenolic OH excluding ortho intramolecular Hbond substituents is 1. The second kappa shape index (κ2) is 5.21. The lowest BCUT2D eigenvalue weighted by Crippen LogP contribution is -2.21. The van der Waals surface area contributed by atoms with Gasteiger partial charge in [-0.1, -0.05) is 12.1 Å². The fraction of sp³-hybridized carbons (Fsp3) is 0.150. The third-order valence-electron chi connectivity index (χ3n) is 4.44. The molecule has 0 spiro atoms. The minimum absolute atomic E-state index is 0.186. The highest BCUT2D eigenvalue weighted by molar-refractivity contribution is 6.32. The first-order valence-corrected chi connectivity index (χ1v) is 7.91. The van der Waals surface area contributed by atoms with E-state index in [9.17, 15) is 14.3 Å². The van der Waals surface area contributed by atoms with E-state index in [1.807, 2.05) is 19.9 Å². The van der Waals surface area contributed by atoms with Gasteiger partial charge in [-0.2, -0.15) is 0 Å². The zero-order chi connectivity index (χ0) is 17.8. The van der Waals surface area contributed by atoms with E-state index in [1.165, 1.54) is 12.1 Å². The number of ether oxygens (including phenoxy) is 1. The molecule has 0 unspecified atom stereocenters. The molecule has 0 aromatic heterocycles. The fourth-order valence-corrected chi connectivity index (χ4v) is 3.25. The number of nitrogens with one attached hydrogen (secondary N) is 1. The summed E-state index contributed by atoms with van der Waals surface area (Å²) in [5.41, 5.74) is 2.63. The molecule has 4 rings (SSSR count). The maximum absolute atomic E-state index is 13.4. The molecule has 5 heteroatoms. The number of carbonyl (C=O) groups is 1. The molecule has 0 saturated carbocycles. The number of anilines is 1. The van der Waals surface area contributed by atoms with Crippen molar-refractivity contribution >= 4 is 22.7 Å². The minimum Gasteiger partial charge on any atom is -0.508 e. The summed E-state index contributed by atoms with van der Waals surface area (Å²) >= 11 is 0. The number of benzene rings is 2. The van der Waals surface area contributed by atoms with Gasteiger partial charge in [0.2, 0.25) is 0 Å². The van der Waals surface area contributed by atoms with Gasteiger partial charge in [-0.05, 0) is 55.8 Å². The minimum atomic E-state index is -0.637. The van der Waals surface area contributed by atoms with Crippen LogP contribution in [0.4, 0.5) is 10.1 Å². The van der Waals surface area contributed by atoms with E-state index in [2.05, 4.69) is 5.32 Å². The van der Waals surface area contributed by atoms with Gasteiger partial charge in [0.25, 0.3) is 5.91 Å². The molecule has 0 atom stereocenters. The number of halogens is 1. The summed E-state index contributed by atoms with van der Waals surface area (Å²) in [5, 5.41) is 12.2. The Hall–Kier alpha value is -3.08. The van der Waals surface area contributed by atoms with E-state index in [1.54, 1.807) is 30.3 Å². The molecular formula is C20H16FNO3. The molecule has 0 radical (unpaired) electrons. The smallest absolute Gasteiger partial charge is 0.260 e. The molecular weight excluding hydrogens is 321 g/mol. The molecule has 2 aromatic carbocycles. The largest absolute Gasteiger partial charge is 0.508 e. The van der Waals surface area contributed by atoms with Crippen molar-refractivity contribution in [2.45, 2.75) is 19.4 Å². The third-order valence-corrected chi connectivity index (χ3v) is 4.44. The summed E-state index contributed by atoms with van der Waals surface area (Å²) in [6.07, 6.45) is 1.83. The normalized spacial score (nSPS) is 20.8. The molecule has 2 aromatic rings. The number of fused-ring (bicyclic) bond motifs is 1. The van der Waals surface area contributed by atoms with E-state index >= 15 is 0 Å². The summed E-state index contributed by atoms with van der Waals surface area (Å²) in [5.74, 6) is -0.0744. The second-order valence-corrected chi connectivity index (χ2v) is 6.60. The van der Waals surface area contributed by atoms with Crippen molar-refractivity contribution in [1.82, 2.24) is 0 Å². The highest BCUT2D eigenvalue weighted by Crippen LogP contribution is 2.44. The predicted molar refractivity (Wildman–Crippen MR) is 93.2 cm³/mol. The Morgan fingerprint density at radius 3 is 2.56 bits per heavy atom. The van der Waals surface area contributed by atoms with Gasteiger partial charge in [0, 0.05) is 11.1 Å². The summed E-state index contributed by atoms with van der Waals surface area (Å²) in [6.45, 7) is 3.83. The number of hydrogen-bond donors (Lipinski definition) is 2. The Balaban J connectivity index is 1.86. The van der Waals surface area contributed by atoms with E-state index in [0.717, 1.165) is 11.1 Å². The summed E-state index contributed by atoms with van der Waals surface area (Å²) in [4.78, 5) is 12.4. The van der Waals surface area contributed by atoms with E-state index < -0.39 is 11.4 Å². The van der Waals surface area contributed by atoms with Crippen molar-refractivity contribution in [1.29, 1.82) is 0 Å². The molecule has 1 amide bonds. The first-order valence-electron chi connectivity index (χ1n) is 7.91. The highest BCUT2D eigenvalue weighted by Gasteiger charge is 2.37. The first-order chi connectivity index (χ1) is 11.8. The Kier molecular flexibility index (Phi) is 3.22. The predicted octanol–water partition coefficient (Wildman–Crippen LogP) is 4.09. The highest BCUT2D eigenvalue weighted by atomic mass is 19.1. The van der Waals surface area contributed by atoms with Crippen LogP contribution in [0.15, 0.2) is 54.3 Å². The lowest BCUT2D eigenvalue weighted by molar-refractivity contribution is -0.111. The Morgan fingerprint density at radius 1 is 1.12 bits per heavy atom. The Labute approximate surface area is 144 Å². The topological polar surface area (TPSA) is 58.6 Å². The molecule has 2 heterocycles. The van der Waals surface area contributed by atoms with Gasteiger partial charge < -0.3 is 15.2 Å². The molecule has 0 bridgehead atoms. The standard InChI is InChI=1S/C20H16FNO3/c1-20(2)15(11-3-6-13(23)7-4-11)10-17(25-20)18-14-8-5-12(21)9-16(14)22-19(18)24/h3-10,23H,1-2H3,(H,22,24)/b18-17-. The summed E-state index contributed by atoms with van der Waals surface area (Å²) in [7, 11) is 0. The number of allylic oxidation sites excluding steroid dienone is 1. The van der Waals surface area contributed by atoms with Gasteiger partial charge in [0.1, 0.15) is 22.9 Å². The molecule has 126 valence electrons. The molecule has 25 heavy (non-hydrogen) atoms. The second-order valence-electron chi connectivity index (χ2n) is 6.60. The molecule has 0 saturated heterocycles. The molecule has 2 aliphatic rings. The SMILES string of the molecule is CC1(C)O/C(=C2\C(=O)Nc3cc(F)ccc32)C=C1c1ccc(O)cc1. The van der Waals surface area contributed by atoms with Crippen molar-refractivity contribution < 1.29 is 19.0 Å². The third kappa shape index (κ3) is 2.48. The van der Waals surface area contributed by atoms with Crippen molar-refractivity contribution in [2.75, 3.05) is 5.32 Å². The molecule has 0 fully saturated rings. The number of hydrogen-bond acceptors (Lipinski definition) is 3. The number of aromatic hydroxyl groups is 1. The van der Waals surface area contributed by atoms with Crippen molar-refractivity contribution in [2.24, 2.45) is 0 Å². The van der Waals surface area contributed by atoms with Crippen LogP contribution in [-0.2, 0) is 9.53 Å². The lowest BCUT2D eigenvalue weighted by atomic mass is 9.92. The van der Waals surface area contributed by atoms with Gasteiger partial charge in [-0.25, -0.2) is 4.39 Å². The van der Waals surface area contributed by atoms with Crippen LogP contribution in [0.25, 0.3) is 11.1 Å². The van der Waals surface area contributed by atoms with Gasteiger partial charge in [0.05, 0.1) is 11.3 Å². The van der Waals surface area contributed by atoms with Gasteiger partial charge in [-0.15, -0.1) is 0 Å². The fourth-order valence-electron chi connectivity index (χ4n) is 3.25. The lowest BCUT2D eigenvalue weighted by Gasteiger charge is -2.23. The van der Waals surface area contributed by atoms with Gasteiger partial charge in [-0.3, -0.25) is 4.79 Å². The van der Waals surface area contributed by atoms with E-state index in [4.69, 9.17) is 4.74 Å². The van der Waals surface area contributed by atoms with Gasteiger partial charge >= 0.3 is 0 Å². The van der Waals surface area contributed by atoms with Crippen LogP contribution in [-0.4, -0.2) is 16.6 Å². The number of phenols is 1. The molecule has 4 nitrogen and oxygen atoms in total. The van der Waals surface area contributed by atoms with Crippen LogP contribution in [0, 0.1) is 5.82 Å². The van der Waals surface area contributed by atoms with Crippen LogP contribution in [0.3, 0.4) is 0 Å². The summed E-state index contributed by atoms with van der Waals surface area (Å²) in [6, 6.07) is 11.0. The van der Waals surface area contributed by atoms with E-state index in [0.29, 0.717) is 22.6 Å². The average Bonchev–Trinajstić information content (AvgIpc) is 3.03. The first kappa shape index (κ1) is 15.4. The molecule has 2 aliphatic heterocycles. The number of carbonyl (C=O) groups excluding carboxylic acids is 1. The molecule has 2 N–H and O–H groups in total. The van der Waals surface area contributed by atoms with Crippen LogP contribution < -0.4 is 5.32 Å². The number of amides is 1. The van der Waals surface area contributed by atoms with Crippen molar-refractivity contribution in [3.8, 4) is 5.75 Å². The molecule has 0 aliphatic carbocycles. The quantitative estimate of drug-likeness (QED) is 0.771. The van der Waals surface area contributed by atoms with Crippen LogP contribution >= 0.6 is 0 Å². The Morgan fingerprint density at radius 2 is 1.84 bits per heavy atom. The summed E-state index contributed by atoms with van der Waals surface area (Å²) < 4.78 is 19.5. The zero-order valence-electron chi connectivity index (χ0n) is 13.8. The monoisotopic (exact) mass is 337 g/mol. The number of rotatable bonds is 1. The zero-order valence-corrected chi connectivity index (χ0v) is 13.8. The van der Waals surface area contributed by atoms with Crippen LogP contribution in [0.1, 0.15) is 25.0 Å². The maximum atomic E-state index is 13.4. The Bertz CT molecular complexity index is 955. The average molecular weight is 337 g/mol. The van der Waals surface area contributed by atoms with Crippen LogP contribution in [0.5, 0.6) is 5.75 Å². The van der Waals surface area contributed by atoms with E-state index in [-0.39, 0.29) is 11.7 Å². The van der Waals surface area contributed by atoms with Crippen molar-refractivity contribution in [3.63, 3.8) is 0 Å². The van der Waals surface area contributed by atoms with Gasteiger partial charge in [0.15, 0.2) is 0 Å².